The van der Waals surface area contributed by atoms with Crippen molar-refractivity contribution in [1.29, 1.82) is 0 Å². The molecule has 2 rings (SSSR count). The predicted molar refractivity (Wildman–Crippen MR) is 98.2 cm³/mol. The molecule has 0 saturated carbocycles. The molecular formula is C18H23N2O8S-. The third-order valence-electron chi connectivity index (χ3n) is 4.10. The second-order valence-corrected chi connectivity index (χ2v) is 8.18. The van der Waals surface area contributed by atoms with Crippen LogP contribution in [0, 0.1) is 5.92 Å². The maximum atomic E-state index is 12.5. The fourth-order valence-electron chi connectivity index (χ4n) is 2.78. The Bertz CT molecular complexity index is 841. The summed E-state index contributed by atoms with van der Waals surface area (Å²) in [6, 6.07) is 8.46. The first kappa shape index (κ1) is 22.8. The number of carbonyl (C=O) groups excluding carboxylic acids is 3. The number of carboxylic acid groups (broad SMARTS) is 1. The van der Waals surface area contributed by atoms with Crippen LogP contribution in [0.2, 0.25) is 0 Å². The van der Waals surface area contributed by atoms with Crippen LogP contribution in [0.5, 0.6) is 0 Å². The molecule has 2 N–H and O–H groups in total. The van der Waals surface area contributed by atoms with E-state index in [1.54, 1.807) is 0 Å². The van der Waals surface area contributed by atoms with Gasteiger partial charge in [0.2, 0.25) is 5.91 Å². The average molecular weight is 427 g/mol. The molecule has 0 aromatic heterocycles. The van der Waals surface area contributed by atoms with Gasteiger partial charge in [-0.2, -0.15) is 8.42 Å². The Balaban J connectivity index is 2.00. The lowest BCUT2D eigenvalue weighted by Gasteiger charge is -2.22. The Kier molecular flexibility index (Phi) is 7.71. The van der Waals surface area contributed by atoms with E-state index in [4.69, 9.17) is 0 Å². The van der Waals surface area contributed by atoms with Crippen LogP contribution in [0.1, 0.15) is 25.8 Å². The van der Waals surface area contributed by atoms with Crippen molar-refractivity contribution in [3.63, 3.8) is 0 Å². The van der Waals surface area contributed by atoms with Gasteiger partial charge in [-0.1, -0.05) is 44.2 Å². The maximum Gasteiger partial charge on any atom is 0.401 e. The van der Waals surface area contributed by atoms with Crippen molar-refractivity contribution < 1.29 is 36.3 Å². The van der Waals surface area contributed by atoms with E-state index in [0.717, 1.165) is 5.56 Å². The fraction of sp³-hybridized carbons (Fsp3) is 0.500. The molecule has 29 heavy (non-hydrogen) atoms. The lowest BCUT2D eigenvalue weighted by Crippen LogP contribution is -2.54. The van der Waals surface area contributed by atoms with Gasteiger partial charge in [-0.15, -0.1) is 0 Å². The summed E-state index contributed by atoms with van der Waals surface area (Å²) < 4.78 is 31.3. The monoisotopic (exact) mass is 427 g/mol. The fourth-order valence-corrected chi connectivity index (χ4v) is 3.70. The number of carbonyl (C=O) groups is 3. The molecule has 0 unspecified atom stereocenters. The van der Waals surface area contributed by atoms with Crippen LogP contribution in [-0.4, -0.2) is 51.0 Å². The van der Waals surface area contributed by atoms with Crippen molar-refractivity contribution in [2.75, 3.05) is 6.54 Å². The smallest absolute Gasteiger partial charge is 0.401 e. The summed E-state index contributed by atoms with van der Waals surface area (Å²) in [5.41, 5.74) is 1.02. The number of nitrogens with one attached hydrogen (secondary N) is 2. The summed E-state index contributed by atoms with van der Waals surface area (Å²) in [4.78, 5) is 35.9. The van der Waals surface area contributed by atoms with E-state index in [0.29, 0.717) is 13.0 Å². The molecule has 3 atom stereocenters. The summed E-state index contributed by atoms with van der Waals surface area (Å²) in [6.45, 7) is 3.99. The van der Waals surface area contributed by atoms with E-state index in [-0.39, 0.29) is 12.3 Å². The van der Waals surface area contributed by atoms with Crippen LogP contribution in [0.4, 0.5) is 0 Å². The van der Waals surface area contributed by atoms with Gasteiger partial charge in [-0.25, -0.2) is 8.37 Å². The molecule has 1 fully saturated rings. The van der Waals surface area contributed by atoms with Crippen LogP contribution in [-0.2, 0) is 39.6 Å². The van der Waals surface area contributed by atoms with Crippen LogP contribution < -0.4 is 15.7 Å². The van der Waals surface area contributed by atoms with Crippen molar-refractivity contribution in [2.45, 2.75) is 44.9 Å². The number of hydrogen-bond donors (Lipinski definition) is 2. The SMILES string of the molecule is CC(C)C[C@H](NC(=O)[C@H]1OS(=O)(=O)O[C@@H]1C(=O)[O-])C(=O)NCCc1ccccc1. The van der Waals surface area contributed by atoms with Gasteiger partial charge in [0.1, 0.15) is 6.04 Å². The standard InChI is InChI=1S/C18H24N2O8S/c1-11(2)10-13(16(21)19-9-8-12-6-4-3-5-7-12)20-17(22)14-15(18(23)24)28-29(25,26)27-14/h3-7,11,13-15H,8-10H2,1-2H3,(H,19,21)(H,20,22)(H,23,24)/p-1/t13-,14-,15-/m0/s1. The molecule has 0 aliphatic carbocycles. The molecular weight excluding hydrogens is 404 g/mol. The van der Waals surface area contributed by atoms with E-state index in [2.05, 4.69) is 19.0 Å². The van der Waals surface area contributed by atoms with Gasteiger partial charge >= 0.3 is 10.4 Å². The Morgan fingerprint density at radius 1 is 1.10 bits per heavy atom. The molecule has 1 aromatic rings. The van der Waals surface area contributed by atoms with Crippen LogP contribution in [0.15, 0.2) is 30.3 Å². The lowest BCUT2D eigenvalue weighted by molar-refractivity contribution is -0.314. The number of hydrogen-bond acceptors (Lipinski definition) is 8. The van der Waals surface area contributed by atoms with Gasteiger partial charge < -0.3 is 20.5 Å². The Labute approximate surface area is 168 Å². The van der Waals surface area contributed by atoms with Gasteiger partial charge in [-0.3, -0.25) is 9.59 Å². The van der Waals surface area contributed by atoms with Gasteiger partial charge in [-0.05, 0) is 24.3 Å². The molecule has 1 aliphatic heterocycles. The van der Waals surface area contributed by atoms with Crippen molar-refractivity contribution in [3.05, 3.63) is 35.9 Å². The highest BCUT2D eigenvalue weighted by atomic mass is 32.3. The molecule has 1 aliphatic rings. The number of aliphatic carboxylic acids is 1. The van der Waals surface area contributed by atoms with E-state index < -0.39 is 46.4 Å². The van der Waals surface area contributed by atoms with Gasteiger partial charge in [0, 0.05) is 6.54 Å². The Morgan fingerprint density at radius 3 is 2.31 bits per heavy atom. The summed E-state index contributed by atoms with van der Waals surface area (Å²) >= 11 is 0. The second kappa shape index (κ2) is 9.81. The molecule has 160 valence electrons. The molecule has 2 amide bonds. The van der Waals surface area contributed by atoms with Crippen LogP contribution in [0.25, 0.3) is 0 Å². The zero-order valence-electron chi connectivity index (χ0n) is 16.0. The quantitative estimate of drug-likeness (QED) is 0.491. The Hall–Kier alpha value is -2.50. The first-order valence-electron chi connectivity index (χ1n) is 9.03. The van der Waals surface area contributed by atoms with Gasteiger partial charge in [0.05, 0.1) is 5.97 Å². The van der Waals surface area contributed by atoms with E-state index in [1.807, 2.05) is 44.2 Å². The third-order valence-corrected chi connectivity index (χ3v) is 4.99. The second-order valence-electron chi connectivity index (χ2n) is 6.98. The topological polar surface area (TPSA) is 151 Å². The molecule has 0 radical (unpaired) electrons. The summed E-state index contributed by atoms with van der Waals surface area (Å²) in [5, 5.41) is 16.1. The summed E-state index contributed by atoms with van der Waals surface area (Å²) in [5.74, 6) is -3.47. The molecule has 11 heteroatoms. The first-order chi connectivity index (χ1) is 13.6. The minimum atomic E-state index is -4.64. The largest absolute Gasteiger partial charge is 0.547 e. The highest BCUT2D eigenvalue weighted by molar-refractivity contribution is 7.82. The zero-order valence-corrected chi connectivity index (χ0v) is 16.8. The van der Waals surface area contributed by atoms with Crippen molar-refractivity contribution in [2.24, 2.45) is 5.92 Å². The first-order valence-corrected chi connectivity index (χ1v) is 10.4. The molecule has 0 bridgehead atoms. The number of benzene rings is 1. The third kappa shape index (κ3) is 6.80. The molecule has 10 nitrogen and oxygen atoms in total. The summed E-state index contributed by atoms with van der Waals surface area (Å²) in [6.07, 6.45) is -3.27. The van der Waals surface area contributed by atoms with Crippen molar-refractivity contribution in [3.8, 4) is 0 Å². The number of carboxylic acids is 1. The number of amides is 2. The van der Waals surface area contributed by atoms with Gasteiger partial charge in [0.15, 0.2) is 12.2 Å². The Morgan fingerprint density at radius 2 is 1.72 bits per heavy atom. The van der Waals surface area contributed by atoms with Crippen molar-refractivity contribution in [1.82, 2.24) is 10.6 Å². The van der Waals surface area contributed by atoms with E-state index in [1.165, 1.54) is 0 Å². The minimum absolute atomic E-state index is 0.0154. The minimum Gasteiger partial charge on any atom is -0.547 e. The van der Waals surface area contributed by atoms with E-state index in [9.17, 15) is 27.9 Å². The van der Waals surface area contributed by atoms with Crippen LogP contribution >= 0.6 is 0 Å². The highest BCUT2D eigenvalue weighted by Gasteiger charge is 2.46. The molecule has 1 heterocycles. The normalized spacial score (nSPS) is 21.5. The van der Waals surface area contributed by atoms with Crippen molar-refractivity contribution >= 4 is 28.2 Å². The lowest BCUT2D eigenvalue weighted by atomic mass is 10.0. The average Bonchev–Trinajstić information content (AvgIpc) is 2.97. The van der Waals surface area contributed by atoms with Crippen LogP contribution in [0.3, 0.4) is 0 Å². The number of rotatable bonds is 9. The van der Waals surface area contributed by atoms with Gasteiger partial charge in [0.25, 0.3) is 5.91 Å². The maximum absolute atomic E-state index is 12.5. The van der Waals surface area contributed by atoms with E-state index >= 15 is 0 Å². The zero-order chi connectivity index (χ0) is 21.6. The summed E-state index contributed by atoms with van der Waals surface area (Å²) in [7, 11) is -4.64. The molecule has 1 aromatic carbocycles. The molecule has 0 spiro atoms. The highest BCUT2D eigenvalue weighted by Crippen LogP contribution is 2.21. The predicted octanol–water partition coefficient (Wildman–Crippen LogP) is -1.35. The molecule has 1 saturated heterocycles.